The quantitative estimate of drug-likeness (QED) is 0.130. The van der Waals surface area contributed by atoms with Gasteiger partial charge in [-0.2, -0.15) is 0 Å². The summed E-state index contributed by atoms with van der Waals surface area (Å²) in [5.41, 5.74) is 25.6. The monoisotopic (exact) mass is 780 g/mol. The van der Waals surface area contributed by atoms with Crippen LogP contribution in [0.15, 0.2) is 97.1 Å². The highest BCUT2D eigenvalue weighted by molar-refractivity contribution is 6.02. The molecule has 5 heterocycles. The van der Waals surface area contributed by atoms with Gasteiger partial charge >= 0.3 is 0 Å². The first-order valence-electron chi connectivity index (χ1n) is 20.6. The van der Waals surface area contributed by atoms with Crippen LogP contribution in [0, 0.1) is 55.4 Å². The van der Waals surface area contributed by atoms with E-state index in [1.54, 1.807) is 6.08 Å². The van der Waals surface area contributed by atoms with Crippen LogP contribution < -0.4 is 0 Å². The summed E-state index contributed by atoms with van der Waals surface area (Å²) >= 11 is 0. The maximum Gasteiger partial charge on any atom is 0.142 e. The lowest BCUT2D eigenvalue weighted by Gasteiger charge is -2.10. The highest BCUT2D eigenvalue weighted by atomic mass is 16.1. The van der Waals surface area contributed by atoms with Crippen molar-refractivity contribution in [3.05, 3.63) is 170 Å². The average molecular weight is 781 g/mol. The summed E-state index contributed by atoms with van der Waals surface area (Å²) in [6.07, 6.45) is 12.9. The van der Waals surface area contributed by atoms with Crippen molar-refractivity contribution in [1.82, 2.24) is 19.9 Å². The molecule has 0 radical (unpaired) electrons. The topological polar surface area (TPSA) is 74.4 Å². The third-order valence-electron chi connectivity index (χ3n) is 11.3. The minimum atomic E-state index is 0.828. The van der Waals surface area contributed by atoms with Crippen LogP contribution in [-0.4, -0.2) is 26.2 Å². The van der Waals surface area contributed by atoms with Crippen LogP contribution in [0.2, 0.25) is 0 Å². The molecule has 0 amide bonds. The minimum absolute atomic E-state index is 0.828. The van der Waals surface area contributed by atoms with Gasteiger partial charge in [0.25, 0.3) is 0 Å². The zero-order chi connectivity index (χ0) is 41.8. The number of aldehydes is 1. The zero-order valence-corrected chi connectivity index (χ0v) is 35.5. The summed E-state index contributed by atoms with van der Waals surface area (Å²) < 4.78 is 0. The van der Waals surface area contributed by atoms with E-state index in [4.69, 9.17) is 9.97 Å². The number of aromatic amines is 2. The zero-order valence-electron chi connectivity index (χ0n) is 35.5. The smallest absolute Gasteiger partial charge is 0.142 e. The molecule has 2 N–H and O–H groups in total. The Balaban J connectivity index is 1.55. The number of hydrogen-bond donors (Lipinski definition) is 2. The number of fused-ring (bicyclic) bond motifs is 8. The third-order valence-corrected chi connectivity index (χ3v) is 11.3. The lowest BCUT2D eigenvalue weighted by molar-refractivity contribution is -0.104. The Morgan fingerprint density at radius 1 is 0.400 bits per heavy atom. The second-order valence-corrected chi connectivity index (χ2v) is 16.7. The van der Waals surface area contributed by atoms with Gasteiger partial charge in [-0.3, -0.25) is 4.79 Å². The number of allylic oxidation sites excluding steroid dienone is 1. The van der Waals surface area contributed by atoms with Crippen molar-refractivity contribution in [2.45, 2.75) is 55.4 Å². The van der Waals surface area contributed by atoms with E-state index in [0.717, 1.165) is 123 Å². The predicted octanol–water partition coefficient (Wildman–Crippen LogP) is 14.0. The number of nitrogens with zero attached hydrogens (tertiary/aromatic N) is 2. The number of carbonyl (C=O) groups is 1. The van der Waals surface area contributed by atoms with Gasteiger partial charge in [-0.25, -0.2) is 9.97 Å². The van der Waals surface area contributed by atoms with Crippen molar-refractivity contribution in [2.24, 2.45) is 0 Å². The molecule has 0 fully saturated rings. The van der Waals surface area contributed by atoms with Crippen LogP contribution >= 0.6 is 0 Å². The minimum Gasteiger partial charge on any atom is -0.354 e. The Hall–Kier alpha value is -7.11. The number of aryl methyl sites for hydroxylation is 8. The number of carbonyl (C=O) groups excluding carboxylic acids is 1. The van der Waals surface area contributed by atoms with E-state index in [-0.39, 0.29) is 0 Å². The summed E-state index contributed by atoms with van der Waals surface area (Å²) in [5.74, 6) is 0. The summed E-state index contributed by atoms with van der Waals surface area (Å²) in [6, 6.07) is 33.2. The van der Waals surface area contributed by atoms with E-state index in [9.17, 15) is 4.79 Å². The fraction of sp³-hybridized carbons (Fsp3) is 0.145. The van der Waals surface area contributed by atoms with Crippen molar-refractivity contribution in [2.75, 3.05) is 0 Å². The fourth-order valence-corrected chi connectivity index (χ4v) is 9.27. The van der Waals surface area contributed by atoms with E-state index in [1.807, 2.05) is 6.08 Å². The van der Waals surface area contributed by atoms with Gasteiger partial charge < -0.3 is 9.97 Å². The van der Waals surface area contributed by atoms with Crippen LogP contribution in [0.25, 0.3) is 97.0 Å². The first-order valence-corrected chi connectivity index (χ1v) is 20.6. The van der Waals surface area contributed by atoms with E-state index < -0.39 is 0 Å². The van der Waals surface area contributed by atoms with Gasteiger partial charge in [0.05, 0.1) is 28.3 Å². The van der Waals surface area contributed by atoms with Gasteiger partial charge in [0.15, 0.2) is 0 Å². The summed E-state index contributed by atoms with van der Waals surface area (Å²) in [6.45, 7) is 17.1. The Labute approximate surface area is 352 Å². The van der Waals surface area contributed by atoms with Gasteiger partial charge in [0.2, 0.25) is 0 Å². The van der Waals surface area contributed by atoms with E-state index in [2.05, 4.69) is 181 Å². The Bertz CT molecular complexity index is 3120. The summed E-state index contributed by atoms with van der Waals surface area (Å²) in [5, 5.41) is 0. The van der Waals surface area contributed by atoms with Crippen LogP contribution in [-0.2, 0) is 4.79 Å². The molecule has 60 heavy (non-hydrogen) atoms. The number of aromatic nitrogens is 4. The normalized spacial score (nSPS) is 12.2. The lowest BCUT2D eigenvalue weighted by atomic mass is 9.98. The van der Waals surface area contributed by atoms with Crippen molar-refractivity contribution >= 4 is 58.7 Å². The molecule has 2 aliphatic heterocycles. The van der Waals surface area contributed by atoms with Crippen LogP contribution in [0.4, 0.5) is 0 Å². The van der Waals surface area contributed by atoms with Crippen molar-refractivity contribution < 1.29 is 4.79 Å². The van der Waals surface area contributed by atoms with Crippen LogP contribution in [0.5, 0.6) is 0 Å². The van der Waals surface area contributed by atoms with E-state index >= 15 is 0 Å². The van der Waals surface area contributed by atoms with Gasteiger partial charge in [-0.15, -0.1) is 0 Å². The summed E-state index contributed by atoms with van der Waals surface area (Å²) in [7, 11) is 0. The van der Waals surface area contributed by atoms with Gasteiger partial charge in [-0.1, -0.05) is 117 Å². The maximum atomic E-state index is 12.0. The standard InChI is InChI=1S/C55H48N4O/c1-31-18-32(2)23-40(22-31)51-44-11-12-45(56-44)52(41-24-33(3)19-34(4)25-41)47-15-16-49(58-47)54(43-28-37(7)21-38(8)29-43)55-39(10-9-17-60)30-50(59-55)53(48-14-13-46(51)57-48)42-26-35(5)20-36(6)27-42/h9-30,56,59H,1-8H3/b10-9+,51-44?,51-46?,52-45?,52-47?,53-48?,53-50?,54-49?,55-54?. The van der Waals surface area contributed by atoms with E-state index in [0.29, 0.717) is 0 Å². The molecule has 9 rings (SSSR count). The molecule has 3 aromatic heterocycles. The van der Waals surface area contributed by atoms with Crippen LogP contribution in [0.1, 0.15) is 72.8 Å². The molecule has 4 aromatic carbocycles. The fourth-order valence-electron chi connectivity index (χ4n) is 9.27. The Morgan fingerprint density at radius 2 is 0.733 bits per heavy atom. The lowest BCUT2D eigenvalue weighted by Crippen LogP contribution is -1.92. The largest absolute Gasteiger partial charge is 0.354 e. The molecular formula is C55H48N4O. The highest BCUT2D eigenvalue weighted by Gasteiger charge is 2.21. The molecule has 0 unspecified atom stereocenters. The molecule has 2 aliphatic rings. The van der Waals surface area contributed by atoms with Gasteiger partial charge in [-0.05, 0) is 132 Å². The molecule has 0 aliphatic carbocycles. The SMILES string of the molecule is Cc1cc(C)cc(-c2c3nc(c(-c4cc(C)cc(C)c4)c4cc(/C=C/C=O)c([nH]4)c(-c4cc(C)cc(C)c4)c4nc(c(-c5cc(C)cc(C)c5)c5ccc2[nH]5)C=C4)C=C3)c1. The second-order valence-electron chi connectivity index (χ2n) is 16.7. The number of hydrogen-bond acceptors (Lipinski definition) is 3. The molecule has 7 aromatic rings. The Kier molecular flexibility index (Phi) is 9.76. The summed E-state index contributed by atoms with van der Waals surface area (Å²) in [4.78, 5) is 30.9. The molecule has 8 bridgehead atoms. The number of H-pyrrole nitrogens is 2. The van der Waals surface area contributed by atoms with Crippen LogP contribution in [0.3, 0.4) is 0 Å². The second kappa shape index (κ2) is 15.2. The predicted molar refractivity (Wildman–Crippen MR) is 254 cm³/mol. The van der Waals surface area contributed by atoms with Gasteiger partial charge in [0.1, 0.15) is 6.29 Å². The van der Waals surface area contributed by atoms with Crippen molar-refractivity contribution in [1.29, 1.82) is 0 Å². The number of nitrogens with one attached hydrogen (secondary N) is 2. The average Bonchev–Trinajstić information content (AvgIpc) is 4.00. The molecule has 294 valence electrons. The molecule has 0 atom stereocenters. The first-order chi connectivity index (χ1) is 28.9. The van der Waals surface area contributed by atoms with Crippen molar-refractivity contribution in [3.63, 3.8) is 0 Å². The van der Waals surface area contributed by atoms with Gasteiger partial charge in [0, 0.05) is 44.4 Å². The number of benzene rings is 4. The van der Waals surface area contributed by atoms with Crippen molar-refractivity contribution in [3.8, 4) is 44.5 Å². The third kappa shape index (κ3) is 7.28. The maximum absolute atomic E-state index is 12.0. The molecular weight excluding hydrogens is 733 g/mol. The first kappa shape index (κ1) is 38.4. The van der Waals surface area contributed by atoms with E-state index in [1.165, 1.54) is 22.3 Å². The highest BCUT2D eigenvalue weighted by Crippen LogP contribution is 2.41. The molecule has 5 heteroatoms. The number of rotatable bonds is 6. The Morgan fingerprint density at radius 3 is 1.10 bits per heavy atom. The molecule has 0 saturated heterocycles. The molecule has 5 nitrogen and oxygen atoms in total. The molecule has 0 spiro atoms. The molecule has 0 saturated carbocycles.